The number of halogens is 1. The van der Waals surface area contributed by atoms with Crippen LogP contribution in [0.5, 0.6) is 11.5 Å². The van der Waals surface area contributed by atoms with Crippen LogP contribution in [-0.2, 0) is 12.0 Å². The maximum atomic E-state index is 12.3. The summed E-state index contributed by atoms with van der Waals surface area (Å²) in [6, 6.07) is 24.7. The van der Waals surface area contributed by atoms with Crippen LogP contribution in [0, 0.1) is 0 Å². The summed E-state index contributed by atoms with van der Waals surface area (Å²) in [5.41, 5.74) is 6.36. The van der Waals surface area contributed by atoms with Gasteiger partial charge >= 0.3 is 0 Å². The third-order valence-electron chi connectivity index (χ3n) is 6.18. The summed E-state index contributed by atoms with van der Waals surface area (Å²) >= 11 is 5.88. The van der Waals surface area contributed by atoms with Crippen LogP contribution in [0.4, 0.5) is 0 Å². The second-order valence-electron chi connectivity index (χ2n) is 10.0. The average Bonchev–Trinajstić information content (AvgIpc) is 2.90. The second kappa shape index (κ2) is 12.1. The molecule has 0 fully saturated rings. The SMILES string of the molecule is CC(C)(C)c1ccc(CNCCOc2ccc(/C=N/NC(=O)c3ccc(O)c(Cl)c3)c3ccccc23)cc1. The van der Waals surface area contributed by atoms with Crippen molar-refractivity contribution in [1.82, 2.24) is 10.7 Å². The zero-order valence-electron chi connectivity index (χ0n) is 21.8. The van der Waals surface area contributed by atoms with Crippen LogP contribution < -0.4 is 15.5 Å². The molecule has 1 amide bonds. The molecule has 3 N–H and O–H groups in total. The Labute approximate surface area is 228 Å². The molecule has 0 atom stereocenters. The summed E-state index contributed by atoms with van der Waals surface area (Å²) in [5, 5.41) is 19.1. The minimum atomic E-state index is -0.426. The Morgan fingerprint density at radius 2 is 1.74 bits per heavy atom. The number of nitrogens with one attached hydrogen (secondary N) is 2. The number of carbonyl (C=O) groups excluding carboxylic acids is 1. The Hall–Kier alpha value is -3.87. The Morgan fingerprint density at radius 3 is 2.45 bits per heavy atom. The van der Waals surface area contributed by atoms with Gasteiger partial charge < -0.3 is 15.2 Å². The third-order valence-corrected chi connectivity index (χ3v) is 6.49. The summed E-state index contributed by atoms with van der Waals surface area (Å²) < 4.78 is 6.09. The fourth-order valence-corrected chi connectivity index (χ4v) is 4.18. The van der Waals surface area contributed by atoms with Crippen molar-refractivity contribution in [1.29, 1.82) is 0 Å². The van der Waals surface area contributed by atoms with Gasteiger partial charge in [-0.25, -0.2) is 5.43 Å². The molecule has 0 radical (unpaired) electrons. The van der Waals surface area contributed by atoms with Crippen LogP contribution in [0.25, 0.3) is 10.8 Å². The molecule has 4 aromatic rings. The van der Waals surface area contributed by atoms with Crippen molar-refractivity contribution in [2.45, 2.75) is 32.7 Å². The van der Waals surface area contributed by atoms with Gasteiger partial charge in [-0.05, 0) is 52.3 Å². The molecule has 4 aromatic carbocycles. The van der Waals surface area contributed by atoms with Crippen LogP contribution in [0.1, 0.15) is 47.8 Å². The van der Waals surface area contributed by atoms with Crippen molar-refractivity contribution < 1.29 is 14.6 Å². The van der Waals surface area contributed by atoms with Gasteiger partial charge in [0, 0.05) is 29.6 Å². The molecule has 0 spiro atoms. The number of nitrogens with zero attached hydrogens (tertiary/aromatic N) is 1. The first-order valence-electron chi connectivity index (χ1n) is 12.5. The van der Waals surface area contributed by atoms with E-state index in [2.05, 4.69) is 60.9 Å². The van der Waals surface area contributed by atoms with E-state index in [9.17, 15) is 9.90 Å². The minimum absolute atomic E-state index is 0.0813. The average molecular weight is 530 g/mol. The molecule has 0 aliphatic rings. The highest BCUT2D eigenvalue weighted by molar-refractivity contribution is 6.32. The Bertz CT molecular complexity index is 1440. The van der Waals surface area contributed by atoms with Crippen molar-refractivity contribution in [2.24, 2.45) is 5.10 Å². The number of benzene rings is 4. The highest BCUT2D eigenvalue weighted by Gasteiger charge is 2.13. The Kier molecular flexibility index (Phi) is 8.66. The normalized spacial score (nSPS) is 11.7. The molecule has 0 bridgehead atoms. The lowest BCUT2D eigenvalue weighted by Gasteiger charge is -2.19. The van der Waals surface area contributed by atoms with Gasteiger partial charge in [-0.2, -0.15) is 5.10 Å². The summed E-state index contributed by atoms with van der Waals surface area (Å²) in [6.07, 6.45) is 1.60. The molecule has 0 heterocycles. The lowest BCUT2D eigenvalue weighted by molar-refractivity contribution is 0.0955. The largest absolute Gasteiger partial charge is 0.506 e. The van der Waals surface area contributed by atoms with Gasteiger partial charge in [0.1, 0.15) is 18.1 Å². The first-order valence-corrected chi connectivity index (χ1v) is 12.9. The Morgan fingerprint density at radius 1 is 1.00 bits per heavy atom. The number of rotatable bonds is 9. The number of carbonyl (C=O) groups is 1. The molecule has 6 nitrogen and oxygen atoms in total. The van der Waals surface area contributed by atoms with Crippen LogP contribution in [0.15, 0.2) is 84.0 Å². The van der Waals surface area contributed by atoms with Gasteiger partial charge in [-0.3, -0.25) is 4.79 Å². The molecular formula is C31H32ClN3O3. The highest BCUT2D eigenvalue weighted by atomic mass is 35.5. The van der Waals surface area contributed by atoms with E-state index in [1.54, 1.807) is 6.21 Å². The number of hydrazone groups is 1. The quantitative estimate of drug-likeness (QED) is 0.132. The first kappa shape index (κ1) is 27.2. The minimum Gasteiger partial charge on any atom is -0.506 e. The van der Waals surface area contributed by atoms with E-state index in [1.165, 1.54) is 29.3 Å². The summed E-state index contributed by atoms with van der Waals surface area (Å²) in [5.74, 6) is 0.282. The molecule has 0 aliphatic heterocycles. The standard InChI is InChI=1S/C31H32ClN3O3/c1-31(2,3)24-12-8-21(9-13-24)19-33-16-17-38-29-15-11-23(25-6-4-5-7-26(25)29)20-34-35-30(37)22-10-14-28(36)27(32)18-22/h4-15,18,20,33,36H,16-17,19H2,1-3H3,(H,35,37)/b34-20+. The van der Waals surface area contributed by atoms with E-state index >= 15 is 0 Å². The number of hydrogen-bond donors (Lipinski definition) is 3. The maximum absolute atomic E-state index is 12.3. The zero-order chi connectivity index (χ0) is 27.1. The van der Waals surface area contributed by atoms with E-state index in [4.69, 9.17) is 16.3 Å². The molecule has 7 heteroatoms. The van der Waals surface area contributed by atoms with Gasteiger partial charge in [0.05, 0.1) is 11.2 Å². The predicted octanol–water partition coefficient (Wildman–Crippen LogP) is 6.43. The van der Waals surface area contributed by atoms with E-state index in [0.29, 0.717) is 18.7 Å². The molecule has 0 aromatic heterocycles. The molecule has 4 rings (SSSR count). The first-order chi connectivity index (χ1) is 18.2. The van der Waals surface area contributed by atoms with Crippen molar-refractivity contribution in [3.8, 4) is 11.5 Å². The number of aromatic hydroxyl groups is 1. The number of ether oxygens (including phenoxy) is 1. The lowest BCUT2D eigenvalue weighted by atomic mass is 9.87. The molecule has 0 saturated heterocycles. The number of fused-ring (bicyclic) bond motifs is 1. The maximum Gasteiger partial charge on any atom is 0.271 e. The predicted molar refractivity (Wildman–Crippen MR) is 154 cm³/mol. The topological polar surface area (TPSA) is 83.0 Å². The molecule has 38 heavy (non-hydrogen) atoms. The summed E-state index contributed by atoms with van der Waals surface area (Å²) in [6.45, 7) is 8.68. The van der Waals surface area contributed by atoms with Gasteiger partial charge in [-0.15, -0.1) is 0 Å². The van der Waals surface area contributed by atoms with Crippen LogP contribution >= 0.6 is 11.6 Å². The number of amides is 1. The molecule has 0 unspecified atom stereocenters. The zero-order valence-corrected chi connectivity index (χ0v) is 22.5. The highest BCUT2D eigenvalue weighted by Crippen LogP contribution is 2.28. The molecule has 196 valence electrons. The van der Waals surface area contributed by atoms with Gasteiger partial charge in [0.15, 0.2) is 0 Å². The Balaban J connectivity index is 1.33. The molecular weight excluding hydrogens is 498 g/mol. The smallest absolute Gasteiger partial charge is 0.271 e. The van der Waals surface area contributed by atoms with Gasteiger partial charge in [0.25, 0.3) is 5.91 Å². The summed E-state index contributed by atoms with van der Waals surface area (Å²) in [7, 11) is 0. The van der Waals surface area contributed by atoms with Crippen LogP contribution in [-0.4, -0.2) is 30.4 Å². The monoisotopic (exact) mass is 529 g/mol. The third kappa shape index (κ3) is 6.91. The van der Waals surface area contributed by atoms with Crippen molar-refractivity contribution >= 4 is 34.5 Å². The molecule has 0 aliphatic carbocycles. The van der Waals surface area contributed by atoms with Crippen molar-refractivity contribution in [3.63, 3.8) is 0 Å². The van der Waals surface area contributed by atoms with Gasteiger partial charge in [0.2, 0.25) is 0 Å². The number of phenolic OH excluding ortho intramolecular Hbond substituents is 1. The second-order valence-corrected chi connectivity index (χ2v) is 10.4. The fourth-order valence-electron chi connectivity index (χ4n) is 3.99. The van der Waals surface area contributed by atoms with Crippen LogP contribution in [0.3, 0.4) is 0 Å². The van der Waals surface area contributed by atoms with E-state index < -0.39 is 5.91 Å². The van der Waals surface area contributed by atoms with Crippen molar-refractivity contribution in [3.05, 3.63) is 106 Å². The lowest BCUT2D eigenvalue weighted by Crippen LogP contribution is -2.21. The fraction of sp³-hybridized carbons (Fsp3) is 0.226. The van der Waals surface area contributed by atoms with E-state index in [0.717, 1.165) is 28.6 Å². The number of phenols is 1. The summed E-state index contributed by atoms with van der Waals surface area (Å²) in [4.78, 5) is 12.3. The molecule has 0 saturated carbocycles. The van der Waals surface area contributed by atoms with E-state index in [-0.39, 0.29) is 16.2 Å². The van der Waals surface area contributed by atoms with Crippen LogP contribution in [0.2, 0.25) is 5.02 Å². The number of hydrogen-bond acceptors (Lipinski definition) is 5. The van der Waals surface area contributed by atoms with E-state index in [1.807, 2.05) is 36.4 Å². The van der Waals surface area contributed by atoms with Gasteiger partial charge in [-0.1, -0.05) is 80.9 Å². The van der Waals surface area contributed by atoms with Crippen molar-refractivity contribution in [2.75, 3.05) is 13.2 Å².